The first kappa shape index (κ1) is 37.7. The van der Waals surface area contributed by atoms with Gasteiger partial charge in [0.05, 0.1) is 12.2 Å². The standard InChI is InChI=1S/C36H36O17/c37-13-23-28(43)32(47)35(53-36-33(48)31(46)29(44)24(52-36)14-49-25(42)10-3-15-1-6-17(38)7-2-15)34(51-23)27-20(41)12-22-26(30(27)45)19(40)11-21(50-22)16-4-8-18(39)9-5-16/h1-12,23-24,28-29,31-39,41,43-48H,13-14H2/b10-3+/t23-,24-,28-,29-,31+,32+,33-,34+,35+,36+/m1/s1. The second-order valence-corrected chi connectivity index (χ2v) is 12.5. The van der Waals surface area contributed by atoms with E-state index in [9.17, 15) is 60.7 Å². The summed E-state index contributed by atoms with van der Waals surface area (Å²) in [7, 11) is 0. The molecule has 0 radical (unpaired) electrons. The molecule has 10 atom stereocenters. The molecule has 3 heterocycles. The number of ether oxygens (including phenoxy) is 4. The van der Waals surface area contributed by atoms with Crippen molar-refractivity contribution in [1.82, 2.24) is 0 Å². The van der Waals surface area contributed by atoms with Crippen molar-refractivity contribution in [2.75, 3.05) is 13.2 Å². The summed E-state index contributed by atoms with van der Waals surface area (Å²) in [5.41, 5.74) is -0.663. The number of esters is 1. The van der Waals surface area contributed by atoms with Crippen molar-refractivity contribution in [3.63, 3.8) is 0 Å². The maximum absolute atomic E-state index is 13.3. The van der Waals surface area contributed by atoms with Crippen molar-refractivity contribution in [3.05, 3.63) is 88.1 Å². The molecule has 0 spiro atoms. The average Bonchev–Trinajstić information content (AvgIpc) is 3.13. The molecule has 282 valence electrons. The van der Waals surface area contributed by atoms with Gasteiger partial charge in [-0.2, -0.15) is 0 Å². The third-order valence-corrected chi connectivity index (χ3v) is 8.97. The van der Waals surface area contributed by atoms with E-state index in [4.69, 9.17) is 23.4 Å². The van der Waals surface area contributed by atoms with Crippen LogP contribution in [0.3, 0.4) is 0 Å². The van der Waals surface area contributed by atoms with Crippen LogP contribution in [-0.4, -0.2) is 125 Å². The van der Waals surface area contributed by atoms with Crippen LogP contribution in [0.25, 0.3) is 28.4 Å². The Bertz CT molecular complexity index is 2010. The molecule has 2 aliphatic heterocycles. The Kier molecular flexibility index (Phi) is 11.0. The molecule has 3 aromatic carbocycles. The van der Waals surface area contributed by atoms with E-state index in [0.29, 0.717) is 11.1 Å². The number of phenolic OH excluding ortho intramolecular Hbond substituents is 4. The number of carbonyl (C=O) groups excluding carboxylic acids is 1. The van der Waals surface area contributed by atoms with Crippen LogP contribution in [0.5, 0.6) is 23.0 Å². The molecule has 10 N–H and O–H groups in total. The smallest absolute Gasteiger partial charge is 0.330 e. The van der Waals surface area contributed by atoms with Crippen LogP contribution in [0.15, 0.2) is 76.0 Å². The maximum Gasteiger partial charge on any atom is 0.330 e. The lowest BCUT2D eigenvalue weighted by atomic mass is 9.89. The highest BCUT2D eigenvalue weighted by Crippen LogP contribution is 2.46. The monoisotopic (exact) mass is 740 g/mol. The van der Waals surface area contributed by atoms with Gasteiger partial charge in [-0.25, -0.2) is 4.79 Å². The zero-order valence-electron chi connectivity index (χ0n) is 27.4. The van der Waals surface area contributed by atoms with E-state index in [0.717, 1.165) is 18.2 Å². The zero-order valence-corrected chi connectivity index (χ0v) is 27.4. The van der Waals surface area contributed by atoms with Gasteiger partial charge >= 0.3 is 5.97 Å². The number of fused-ring (bicyclic) bond motifs is 1. The van der Waals surface area contributed by atoms with Gasteiger partial charge in [-0.05, 0) is 48.0 Å². The first-order valence-electron chi connectivity index (χ1n) is 16.2. The number of aliphatic hydroxyl groups excluding tert-OH is 6. The zero-order chi connectivity index (χ0) is 38.1. The molecule has 53 heavy (non-hydrogen) atoms. The Morgan fingerprint density at radius 2 is 1.42 bits per heavy atom. The molecule has 1 aromatic heterocycles. The normalized spacial score (nSPS) is 29.0. The number of hydrogen-bond acceptors (Lipinski definition) is 17. The predicted octanol–water partition coefficient (Wildman–Crippen LogP) is -0.114. The van der Waals surface area contributed by atoms with Crippen LogP contribution in [0, 0.1) is 0 Å². The fraction of sp³-hybridized carbons (Fsp3) is 0.333. The number of rotatable bonds is 9. The molecule has 2 aliphatic rings. The highest BCUT2D eigenvalue weighted by atomic mass is 16.7. The van der Waals surface area contributed by atoms with Crippen molar-refractivity contribution >= 4 is 23.0 Å². The second-order valence-electron chi connectivity index (χ2n) is 12.5. The van der Waals surface area contributed by atoms with Crippen LogP contribution >= 0.6 is 0 Å². The molecule has 0 unspecified atom stereocenters. The summed E-state index contributed by atoms with van der Waals surface area (Å²) in [5.74, 6) is -2.50. The topological polar surface area (TPSA) is 286 Å². The van der Waals surface area contributed by atoms with E-state index in [1.165, 1.54) is 54.6 Å². The number of aromatic hydroxyl groups is 4. The summed E-state index contributed by atoms with van der Waals surface area (Å²) in [6.07, 6.45) is -15.8. The molecular formula is C36H36O17. The predicted molar refractivity (Wildman–Crippen MR) is 179 cm³/mol. The minimum atomic E-state index is -2.02. The summed E-state index contributed by atoms with van der Waals surface area (Å²) in [4.78, 5) is 25.7. The Labute approximate surface area is 299 Å². The van der Waals surface area contributed by atoms with Crippen LogP contribution in [-0.2, 0) is 23.7 Å². The molecule has 0 amide bonds. The van der Waals surface area contributed by atoms with Gasteiger partial charge in [-0.15, -0.1) is 0 Å². The molecule has 2 saturated heterocycles. The maximum atomic E-state index is 13.3. The first-order chi connectivity index (χ1) is 25.3. The van der Waals surface area contributed by atoms with Gasteiger partial charge in [0, 0.05) is 23.8 Å². The van der Waals surface area contributed by atoms with Crippen LogP contribution in [0.1, 0.15) is 17.2 Å². The van der Waals surface area contributed by atoms with Gasteiger partial charge in [0.25, 0.3) is 0 Å². The molecule has 6 rings (SSSR count). The van der Waals surface area contributed by atoms with Crippen molar-refractivity contribution in [1.29, 1.82) is 0 Å². The largest absolute Gasteiger partial charge is 0.508 e. The molecule has 0 saturated carbocycles. The fourth-order valence-electron chi connectivity index (χ4n) is 6.11. The van der Waals surface area contributed by atoms with Gasteiger partial charge in [0.15, 0.2) is 11.7 Å². The summed E-state index contributed by atoms with van der Waals surface area (Å²) >= 11 is 0. The van der Waals surface area contributed by atoms with Gasteiger partial charge in [-0.1, -0.05) is 12.1 Å². The fourth-order valence-corrected chi connectivity index (χ4v) is 6.11. The van der Waals surface area contributed by atoms with E-state index >= 15 is 0 Å². The van der Waals surface area contributed by atoms with Gasteiger partial charge in [0.2, 0.25) is 0 Å². The first-order valence-corrected chi connectivity index (χ1v) is 16.2. The Hall–Kier alpha value is -5.08. The summed E-state index contributed by atoms with van der Waals surface area (Å²) in [5, 5.41) is 105. The quantitative estimate of drug-likeness (QED) is 0.0791. The highest BCUT2D eigenvalue weighted by Gasteiger charge is 2.52. The van der Waals surface area contributed by atoms with Crippen molar-refractivity contribution in [3.8, 4) is 34.3 Å². The number of carbonyl (C=O) groups is 1. The minimum absolute atomic E-state index is 0.0201. The van der Waals surface area contributed by atoms with Crippen LogP contribution in [0.2, 0.25) is 0 Å². The van der Waals surface area contributed by atoms with E-state index in [1.807, 2.05) is 0 Å². The third-order valence-electron chi connectivity index (χ3n) is 8.97. The lowest BCUT2D eigenvalue weighted by molar-refractivity contribution is -0.342. The van der Waals surface area contributed by atoms with Crippen LogP contribution in [0.4, 0.5) is 0 Å². The molecule has 17 heteroatoms. The lowest BCUT2D eigenvalue weighted by Gasteiger charge is -2.46. The van der Waals surface area contributed by atoms with E-state index < -0.39 is 108 Å². The molecular weight excluding hydrogens is 704 g/mol. The van der Waals surface area contributed by atoms with Crippen molar-refractivity contribution in [2.45, 2.75) is 61.2 Å². The second kappa shape index (κ2) is 15.5. The molecule has 0 bridgehead atoms. The van der Waals surface area contributed by atoms with Crippen LogP contribution < -0.4 is 5.43 Å². The SMILES string of the molecule is O=C(/C=C/c1ccc(O)cc1)OC[C@H]1O[C@@H](O[C@H]2[C@@H](O)[C@H](O)[C@@H](CO)O[C@H]2c2c(O)cc3oc(-c4ccc(O)cc4)cc(=O)c3c2O)[C@H](O)[C@@H](O)[C@@H]1O. The number of phenols is 4. The molecule has 2 fully saturated rings. The van der Waals surface area contributed by atoms with Crippen molar-refractivity contribution in [2.24, 2.45) is 0 Å². The number of hydrogen-bond donors (Lipinski definition) is 10. The van der Waals surface area contributed by atoms with Crippen molar-refractivity contribution < 1.29 is 79.2 Å². The van der Waals surface area contributed by atoms with E-state index in [2.05, 4.69) is 0 Å². The van der Waals surface area contributed by atoms with Gasteiger partial charge in [0.1, 0.15) is 101 Å². The lowest BCUT2D eigenvalue weighted by Crippen LogP contribution is -2.63. The Morgan fingerprint density at radius 1 is 0.774 bits per heavy atom. The third kappa shape index (κ3) is 7.70. The van der Waals surface area contributed by atoms with E-state index in [1.54, 1.807) is 0 Å². The Morgan fingerprint density at radius 3 is 2.08 bits per heavy atom. The summed E-state index contributed by atoms with van der Waals surface area (Å²) < 4.78 is 28.1. The van der Waals surface area contributed by atoms with Gasteiger partial charge in [-0.3, -0.25) is 4.79 Å². The molecule has 0 aliphatic carbocycles. The highest BCUT2D eigenvalue weighted by molar-refractivity contribution is 5.88. The number of aliphatic hydroxyl groups is 6. The van der Waals surface area contributed by atoms with Gasteiger partial charge < -0.3 is 74.4 Å². The minimum Gasteiger partial charge on any atom is -0.508 e. The molecule has 4 aromatic rings. The average molecular weight is 741 g/mol. The summed E-state index contributed by atoms with van der Waals surface area (Å²) in [6.45, 7) is -1.53. The molecule has 17 nitrogen and oxygen atoms in total. The number of benzene rings is 3. The Balaban J connectivity index is 1.27. The summed E-state index contributed by atoms with van der Waals surface area (Å²) in [6, 6.07) is 13.6. The van der Waals surface area contributed by atoms with E-state index in [-0.39, 0.29) is 22.8 Å².